The number of nitrogens with zero attached hydrogens (tertiary/aromatic N) is 3. The summed E-state index contributed by atoms with van der Waals surface area (Å²) in [5.41, 5.74) is 1.64. The van der Waals surface area contributed by atoms with Gasteiger partial charge in [0.15, 0.2) is 0 Å². The number of amides is 2. The normalized spacial score (nSPS) is 14.2. The van der Waals surface area contributed by atoms with Gasteiger partial charge in [0, 0.05) is 25.5 Å². The number of nitrogens with one attached hydrogen (secondary N) is 1. The summed E-state index contributed by atoms with van der Waals surface area (Å²) in [7, 11) is 0.339. The van der Waals surface area contributed by atoms with Gasteiger partial charge < -0.3 is 9.64 Å². The highest BCUT2D eigenvalue weighted by Crippen LogP contribution is 2.50. The Morgan fingerprint density at radius 1 is 1.08 bits per heavy atom. The lowest BCUT2D eigenvalue weighted by Crippen LogP contribution is -2.40. The van der Waals surface area contributed by atoms with Gasteiger partial charge in [-0.1, -0.05) is 42.5 Å². The number of carbonyl (C=O) groups excluding carboxylic acids is 2. The Hall–Kier alpha value is -3.28. The van der Waals surface area contributed by atoms with Gasteiger partial charge in [0.2, 0.25) is 5.91 Å². The molecule has 0 unspecified atom stereocenters. The molecule has 9 nitrogen and oxygen atoms in total. The monoisotopic (exact) mass is 570 g/mol. The third-order valence-electron chi connectivity index (χ3n) is 6.91. The van der Waals surface area contributed by atoms with Crippen molar-refractivity contribution in [3.8, 4) is 5.75 Å². The van der Waals surface area contributed by atoms with Crippen molar-refractivity contribution < 1.29 is 22.7 Å². The van der Waals surface area contributed by atoms with Crippen LogP contribution in [-0.4, -0.2) is 62.2 Å². The number of ether oxygens (including phenoxy) is 1. The standard InChI is InChI=1S/C28H34N4O5S2/c1-20-25(26(33)30-39(35,36)31(2)3)29-24(38-20)19-32(18-8-11-21-9-6-5-7-10-21)27(34)28(16-17-28)22-12-14-23(37-4)15-13-22/h5-7,9-10,12-15H,8,11,16-19H2,1-4H3,(H,30,33). The van der Waals surface area contributed by atoms with E-state index in [1.165, 1.54) is 31.0 Å². The van der Waals surface area contributed by atoms with Crippen molar-refractivity contribution in [3.05, 3.63) is 81.3 Å². The Bertz CT molecular complexity index is 1420. The molecule has 3 aromatic rings. The topological polar surface area (TPSA) is 109 Å². The molecule has 0 bridgehead atoms. The van der Waals surface area contributed by atoms with E-state index >= 15 is 0 Å². The Morgan fingerprint density at radius 2 is 1.74 bits per heavy atom. The minimum Gasteiger partial charge on any atom is -0.497 e. The Morgan fingerprint density at radius 3 is 2.33 bits per heavy atom. The Kier molecular flexibility index (Phi) is 8.73. The number of benzene rings is 2. The molecule has 1 N–H and O–H groups in total. The third-order valence-corrected chi connectivity index (χ3v) is 9.27. The lowest BCUT2D eigenvalue weighted by atomic mass is 9.94. The Labute approximate surface area is 234 Å². The maximum Gasteiger partial charge on any atom is 0.303 e. The Balaban J connectivity index is 1.55. The summed E-state index contributed by atoms with van der Waals surface area (Å²) in [6.45, 7) is 2.49. The van der Waals surface area contributed by atoms with E-state index in [2.05, 4.69) is 17.1 Å². The van der Waals surface area contributed by atoms with Crippen LogP contribution in [0.5, 0.6) is 5.75 Å². The number of aromatic nitrogens is 1. The van der Waals surface area contributed by atoms with Gasteiger partial charge in [-0.15, -0.1) is 11.3 Å². The molecule has 11 heteroatoms. The molecule has 0 radical (unpaired) electrons. The van der Waals surface area contributed by atoms with Gasteiger partial charge in [0.1, 0.15) is 16.5 Å². The van der Waals surface area contributed by atoms with Crippen LogP contribution in [0.3, 0.4) is 0 Å². The fourth-order valence-corrected chi connectivity index (χ4v) is 5.94. The minimum absolute atomic E-state index is 0.0368. The quantitative estimate of drug-likeness (QED) is 0.356. The average Bonchev–Trinajstić information content (AvgIpc) is 3.64. The lowest BCUT2D eigenvalue weighted by Gasteiger charge is -2.27. The fourth-order valence-electron chi connectivity index (χ4n) is 4.48. The number of hydrogen-bond acceptors (Lipinski definition) is 7. The predicted octanol–water partition coefficient (Wildman–Crippen LogP) is 3.69. The van der Waals surface area contributed by atoms with Gasteiger partial charge in [-0.3, -0.25) is 9.59 Å². The second kappa shape index (κ2) is 11.8. The molecule has 1 aliphatic carbocycles. The molecule has 1 heterocycles. The molecule has 0 spiro atoms. The van der Waals surface area contributed by atoms with Crippen molar-refractivity contribution in [1.29, 1.82) is 0 Å². The highest BCUT2D eigenvalue weighted by atomic mass is 32.2. The summed E-state index contributed by atoms with van der Waals surface area (Å²) < 4.78 is 32.5. The van der Waals surface area contributed by atoms with E-state index in [1.54, 1.807) is 14.0 Å². The number of hydrogen-bond donors (Lipinski definition) is 1. The maximum atomic E-state index is 14.0. The van der Waals surface area contributed by atoms with Gasteiger partial charge in [-0.25, -0.2) is 9.71 Å². The van der Waals surface area contributed by atoms with Crippen LogP contribution >= 0.6 is 11.3 Å². The van der Waals surface area contributed by atoms with Crippen LogP contribution in [0, 0.1) is 6.92 Å². The molecule has 1 fully saturated rings. The number of carbonyl (C=O) groups is 2. The first-order valence-corrected chi connectivity index (χ1v) is 15.0. The van der Waals surface area contributed by atoms with Crippen molar-refractivity contribution in [2.45, 2.75) is 44.6 Å². The van der Waals surface area contributed by atoms with E-state index in [0.717, 1.165) is 41.3 Å². The molecule has 39 heavy (non-hydrogen) atoms. The van der Waals surface area contributed by atoms with Gasteiger partial charge in [-0.2, -0.15) is 12.7 Å². The molecule has 2 amide bonds. The summed E-state index contributed by atoms with van der Waals surface area (Å²) in [6, 6.07) is 17.8. The van der Waals surface area contributed by atoms with Crippen molar-refractivity contribution in [2.24, 2.45) is 0 Å². The van der Waals surface area contributed by atoms with Gasteiger partial charge in [0.25, 0.3) is 5.91 Å². The molecule has 0 aliphatic heterocycles. The van der Waals surface area contributed by atoms with E-state index in [-0.39, 0.29) is 18.1 Å². The van der Waals surface area contributed by atoms with E-state index in [9.17, 15) is 18.0 Å². The van der Waals surface area contributed by atoms with Crippen LogP contribution in [-0.2, 0) is 33.4 Å². The molecule has 0 saturated heterocycles. The molecule has 208 valence electrons. The largest absolute Gasteiger partial charge is 0.497 e. The van der Waals surface area contributed by atoms with E-state index in [4.69, 9.17) is 4.74 Å². The number of aryl methyl sites for hydroxylation is 2. The first-order valence-electron chi connectivity index (χ1n) is 12.7. The number of methoxy groups -OCH3 is 1. The third kappa shape index (κ3) is 6.66. The van der Waals surface area contributed by atoms with Crippen LogP contribution in [0.4, 0.5) is 0 Å². The smallest absolute Gasteiger partial charge is 0.303 e. The van der Waals surface area contributed by atoms with Crippen molar-refractivity contribution >= 4 is 33.4 Å². The van der Waals surface area contributed by atoms with Crippen molar-refractivity contribution in [1.82, 2.24) is 18.9 Å². The number of rotatable bonds is 12. The van der Waals surface area contributed by atoms with Crippen LogP contribution in [0.1, 0.15) is 50.8 Å². The summed E-state index contributed by atoms with van der Waals surface area (Å²) in [6.07, 6.45) is 3.13. The average molecular weight is 571 g/mol. The molecule has 0 atom stereocenters. The number of thiazole rings is 1. The molecule has 1 saturated carbocycles. The predicted molar refractivity (Wildman–Crippen MR) is 151 cm³/mol. The van der Waals surface area contributed by atoms with Crippen molar-refractivity contribution in [2.75, 3.05) is 27.7 Å². The van der Waals surface area contributed by atoms with Gasteiger partial charge in [0.05, 0.1) is 19.1 Å². The van der Waals surface area contributed by atoms with E-state index in [1.807, 2.05) is 52.1 Å². The van der Waals surface area contributed by atoms with Crippen LogP contribution in [0.2, 0.25) is 0 Å². The molecule has 1 aliphatic rings. The van der Waals surface area contributed by atoms with Crippen LogP contribution in [0.15, 0.2) is 54.6 Å². The zero-order valence-corrected chi connectivity index (χ0v) is 24.3. The summed E-state index contributed by atoms with van der Waals surface area (Å²) >= 11 is 1.29. The lowest BCUT2D eigenvalue weighted by molar-refractivity contribution is -0.134. The molecular weight excluding hydrogens is 536 g/mol. The van der Waals surface area contributed by atoms with Crippen molar-refractivity contribution in [3.63, 3.8) is 0 Å². The molecule has 1 aromatic heterocycles. The molecular formula is C28H34N4O5S2. The summed E-state index contributed by atoms with van der Waals surface area (Å²) in [4.78, 5) is 33.6. The zero-order valence-electron chi connectivity index (χ0n) is 22.6. The van der Waals surface area contributed by atoms with Crippen LogP contribution < -0.4 is 9.46 Å². The zero-order chi connectivity index (χ0) is 28.2. The highest BCUT2D eigenvalue weighted by molar-refractivity contribution is 7.87. The first-order chi connectivity index (χ1) is 18.6. The fraction of sp³-hybridized carbons (Fsp3) is 0.393. The van der Waals surface area contributed by atoms with E-state index < -0.39 is 21.5 Å². The van der Waals surface area contributed by atoms with E-state index in [0.29, 0.717) is 16.4 Å². The molecule has 4 rings (SSSR count). The highest BCUT2D eigenvalue weighted by Gasteiger charge is 2.53. The van der Waals surface area contributed by atoms with Gasteiger partial charge >= 0.3 is 10.2 Å². The second-order valence-corrected chi connectivity index (χ2v) is 13.0. The summed E-state index contributed by atoms with van der Waals surface area (Å²) in [5, 5.41) is 0.582. The van der Waals surface area contributed by atoms with Gasteiger partial charge in [-0.05, 0) is 55.9 Å². The minimum atomic E-state index is -3.95. The summed E-state index contributed by atoms with van der Waals surface area (Å²) in [5.74, 6) is -0.0145. The molecule has 2 aromatic carbocycles. The first kappa shape index (κ1) is 28.7. The van der Waals surface area contributed by atoms with Crippen LogP contribution in [0.25, 0.3) is 0 Å². The second-order valence-electron chi connectivity index (χ2n) is 9.86. The SMILES string of the molecule is COc1ccc(C2(C(=O)N(CCCc3ccccc3)Cc3nc(C(=O)NS(=O)(=O)N(C)C)c(C)s3)CC2)cc1. The maximum absolute atomic E-state index is 14.0.